The summed E-state index contributed by atoms with van der Waals surface area (Å²) in [6, 6.07) is 1.27. The number of hydrogen-bond acceptors (Lipinski definition) is 14. The van der Waals surface area contributed by atoms with Crippen molar-refractivity contribution in [3.63, 3.8) is 0 Å². The van der Waals surface area contributed by atoms with Crippen LogP contribution in [0.3, 0.4) is 0 Å². The van der Waals surface area contributed by atoms with Gasteiger partial charge in [0, 0.05) is 87.9 Å². The number of phenols is 2. The number of rotatable bonds is 10. The van der Waals surface area contributed by atoms with Gasteiger partial charge in [-0.1, -0.05) is 65.7 Å². The lowest BCUT2D eigenvalue weighted by Gasteiger charge is -2.38. The Morgan fingerprint density at radius 3 is 2.24 bits per heavy atom. The minimum Gasteiger partial charge on any atom is -0.507 e. The number of hydrogen-bond donors (Lipinski definition) is 5. The molecule has 2 aromatic rings. The second-order valence-corrected chi connectivity index (χ2v) is 16.8. The number of aromatic hydroxyl groups is 2. The van der Waals surface area contributed by atoms with Crippen LogP contribution in [0.4, 0.5) is 5.69 Å². The average molecular weight is 868 g/mol. The maximum Gasteiger partial charge on any atom is 0.312 e. The van der Waals surface area contributed by atoms with Crippen molar-refractivity contribution in [1.29, 1.82) is 0 Å². The third kappa shape index (κ3) is 10.5. The number of fused-ring (bicyclic) bond motifs is 14. The van der Waals surface area contributed by atoms with Crippen LogP contribution in [0, 0.1) is 30.6 Å². The third-order valence-electron chi connectivity index (χ3n) is 11.9. The molecule has 3 aliphatic rings. The number of methoxy groups -OCH3 is 1. The monoisotopic (exact) mass is 867 g/mol. The first-order valence-corrected chi connectivity index (χ1v) is 21.1. The molecule has 3 aliphatic heterocycles. The summed E-state index contributed by atoms with van der Waals surface area (Å²) in [5.74, 6) is -8.12. The molecule has 16 heteroatoms. The number of allylic oxidation sites excluding steroid dienone is 2. The van der Waals surface area contributed by atoms with E-state index < -0.39 is 95.5 Å². The fourth-order valence-corrected chi connectivity index (χ4v) is 8.02. The number of aliphatic hydroxyl groups excluding tert-OH is 2. The van der Waals surface area contributed by atoms with E-state index in [1.807, 2.05) is 0 Å². The van der Waals surface area contributed by atoms with Gasteiger partial charge in [-0.2, -0.15) is 0 Å². The minimum atomic E-state index is -2.04. The molecule has 0 spiro atoms. The number of ether oxygens (including phenoxy) is 5. The molecule has 2 amide bonds. The number of nitrogens with one attached hydrogen (secondary N) is 1. The maximum absolute atomic E-state index is 14.6. The second-order valence-electron chi connectivity index (χ2n) is 16.8. The highest BCUT2D eigenvalue weighted by molar-refractivity contribution is 6.21. The number of Topliss-reactive ketones (excluding diaryl/α,β-unsaturated/α-hetero) is 1. The lowest BCUT2D eigenvalue weighted by atomic mass is 9.78. The number of amides is 2. The summed E-state index contributed by atoms with van der Waals surface area (Å²) in [6.45, 7) is 14.5. The second kappa shape index (κ2) is 20.8. The van der Waals surface area contributed by atoms with Crippen LogP contribution >= 0.6 is 0 Å². The number of anilines is 1. The Morgan fingerprint density at radius 2 is 1.63 bits per heavy atom. The van der Waals surface area contributed by atoms with Crippen molar-refractivity contribution in [3.05, 3.63) is 53.3 Å². The van der Waals surface area contributed by atoms with Crippen LogP contribution in [-0.2, 0) is 28.6 Å². The predicted molar refractivity (Wildman–Crippen MR) is 233 cm³/mol. The molecule has 0 saturated heterocycles. The summed E-state index contributed by atoms with van der Waals surface area (Å²) in [5, 5.41) is 51.9. The largest absolute Gasteiger partial charge is 0.507 e. The molecule has 0 fully saturated rings. The van der Waals surface area contributed by atoms with Crippen molar-refractivity contribution in [2.24, 2.45) is 23.7 Å². The van der Waals surface area contributed by atoms with Gasteiger partial charge in [0.05, 0.1) is 41.2 Å². The molecule has 0 aliphatic carbocycles. The fourth-order valence-electron chi connectivity index (χ4n) is 8.02. The molecule has 5 rings (SSSR count). The lowest BCUT2D eigenvalue weighted by molar-refractivity contribution is -0.160. The zero-order chi connectivity index (χ0) is 46.4. The van der Waals surface area contributed by atoms with Gasteiger partial charge in [-0.05, 0) is 26.3 Å². The Kier molecular flexibility index (Phi) is 16.6. The van der Waals surface area contributed by atoms with Gasteiger partial charge >= 0.3 is 11.8 Å². The zero-order valence-electron chi connectivity index (χ0n) is 38.0. The summed E-state index contributed by atoms with van der Waals surface area (Å²) in [6.07, 6.45) is 6.19. The van der Waals surface area contributed by atoms with Crippen LogP contribution in [0.1, 0.15) is 90.6 Å². The zero-order valence-corrected chi connectivity index (χ0v) is 38.0. The van der Waals surface area contributed by atoms with Crippen molar-refractivity contribution in [2.75, 3.05) is 39.7 Å². The van der Waals surface area contributed by atoms with Crippen molar-refractivity contribution in [1.82, 2.24) is 10.0 Å². The molecule has 0 saturated carbocycles. The lowest BCUT2D eigenvalue weighted by Crippen LogP contribution is -2.46. The van der Waals surface area contributed by atoms with E-state index in [9.17, 15) is 39.6 Å². The van der Waals surface area contributed by atoms with E-state index in [1.54, 1.807) is 59.0 Å². The number of carbonyl (C=O) groups excluding carboxylic acids is 4. The van der Waals surface area contributed by atoms with Crippen molar-refractivity contribution < 1.29 is 63.3 Å². The van der Waals surface area contributed by atoms with Gasteiger partial charge in [-0.3, -0.25) is 24.2 Å². The van der Waals surface area contributed by atoms with E-state index >= 15 is 0 Å². The first-order chi connectivity index (χ1) is 29.1. The summed E-state index contributed by atoms with van der Waals surface area (Å²) in [7, 11) is 4.90. The first kappa shape index (κ1) is 49.5. The number of phenolic OH excluding ortho intramolecular Hbond substituents is 2. The molecule has 2 aromatic carbocycles. The molecular weight excluding hydrogens is 803 g/mol. The topological polar surface area (TPSA) is 214 Å². The summed E-state index contributed by atoms with van der Waals surface area (Å²) in [4.78, 5) is 54.2. The van der Waals surface area contributed by atoms with Gasteiger partial charge in [-0.15, -0.1) is 0 Å². The molecule has 62 heavy (non-hydrogen) atoms. The molecule has 5 bridgehead atoms. The Hall–Kier alpha value is -5.16. The first-order valence-electron chi connectivity index (χ1n) is 21.1. The van der Waals surface area contributed by atoms with Crippen LogP contribution in [0.15, 0.2) is 42.2 Å². The number of benzene rings is 2. The highest BCUT2D eigenvalue weighted by Crippen LogP contribution is 2.54. The number of esters is 1. The van der Waals surface area contributed by atoms with E-state index in [4.69, 9.17) is 23.7 Å². The SMILES string of the molecule is CCCCCN(C(=O)COc1cc2c(O)c3c(O)c(C)c4c(c13)C(=O)C(C)(OC=CC(OC)C(C)C(OC(C)=O)C(C)C(O)C(C)C(O)C(C)C=CC=C(C)C(=O)N2)O4)N(C)C. The van der Waals surface area contributed by atoms with Crippen molar-refractivity contribution >= 4 is 40.0 Å². The van der Waals surface area contributed by atoms with Crippen LogP contribution in [0.2, 0.25) is 0 Å². The minimum absolute atomic E-state index is 0.0613. The Bertz CT molecular complexity index is 2080. The number of hydrazine groups is 1. The quantitative estimate of drug-likeness (QED) is 0.0812. The normalized spacial score (nSPS) is 27.2. The van der Waals surface area contributed by atoms with Crippen LogP contribution in [-0.4, -0.2) is 119 Å². The van der Waals surface area contributed by atoms with E-state index in [1.165, 1.54) is 64.3 Å². The highest BCUT2D eigenvalue weighted by Gasteiger charge is 2.50. The predicted octanol–water partition coefficient (Wildman–Crippen LogP) is 5.92. The van der Waals surface area contributed by atoms with Crippen molar-refractivity contribution in [2.45, 2.75) is 112 Å². The number of ketones is 1. The van der Waals surface area contributed by atoms with Gasteiger partial charge in [0.15, 0.2) is 12.4 Å². The number of unbranched alkanes of at least 4 members (excludes halogenated alkanes) is 2. The van der Waals surface area contributed by atoms with E-state index in [2.05, 4.69) is 12.2 Å². The summed E-state index contributed by atoms with van der Waals surface area (Å²) >= 11 is 0. The molecule has 342 valence electrons. The number of nitrogens with zero attached hydrogens (tertiary/aromatic N) is 2. The van der Waals surface area contributed by atoms with Crippen LogP contribution < -0.4 is 14.8 Å². The molecule has 16 nitrogen and oxygen atoms in total. The molecule has 0 radical (unpaired) electrons. The summed E-state index contributed by atoms with van der Waals surface area (Å²) in [5.41, 5.74) is -0.0244. The molecule has 9 atom stereocenters. The molecule has 3 heterocycles. The van der Waals surface area contributed by atoms with Gasteiger partial charge in [0.2, 0.25) is 0 Å². The summed E-state index contributed by atoms with van der Waals surface area (Å²) < 4.78 is 29.9. The smallest absolute Gasteiger partial charge is 0.312 e. The molecular formula is C46H65N3O13. The fraction of sp³-hybridized carbons (Fsp3) is 0.565. The van der Waals surface area contributed by atoms with Crippen LogP contribution in [0.5, 0.6) is 23.0 Å². The molecule has 0 aromatic heterocycles. The van der Waals surface area contributed by atoms with Gasteiger partial charge in [-0.25, -0.2) is 5.01 Å². The Labute approximate surface area is 364 Å². The Balaban J connectivity index is 1.93. The number of aliphatic hydroxyl groups is 2. The Morgan fingerprint density at radius 1 is 0.952 bits per heavy atom. The van der Waals surface area contributed by atoms with Crippen molar-refractivity contribution in [3.8, 4) is 23.0 Å². The van der Waals surface area contributed by atoms with E-state index in [-0.39, 0.29) is 44.7 Å². The highest BCUT2D eigenvalue weighted by atomic mass is 16.7. The van der Waals surface area contributed by atoms with E-state index in [0.29, 0.717) is 6.54 Å². The molecule has 5 N–H and O–H groups in total. The van der Waals surface area contributed by atoms with Gasteiger partial charge < -0.3 is 49.4 Å². The third-order valence-corrected chi connectivity index (χ3v) is 11.9. The maximum atomic E-state index is 14.6. The van der Waals surface area contributed by atoms with Gasteiger partial charge in [0.25, 0.3) is 17.6 Å². The van der Waals surface area contributed by atoms with Gasteiger partial charge in [0.1, 0.15) is 23.4 Å². The van der Waals surface area contributed by atoms with Crippen LogP contribution in [0.25, 0.3) is 10.8 Å². The number of carbonyl (C=O) groups is 4. The van der Waals surface area contributed by atoms with E-state index in [0.717, 1.165) is 19.3 Å². The molecule has 9 unspecified atom stereocenters. The average Bonchev–Trinajstić information content (AvgIpc) is 3.49. The standard InChI is InChI=1S/C46H65N3O13/c1-13-14-15-20-49(48(10)11)34(51)23-59-33-22-31-41(55)36-35(33)37-43(29(7)40(36)54)62-46(9,44(37)56)60-21-19-32(58-12)26(4)42(61-30(8)50)28(6)39(53)27(5)38(52)24(2)17-16-18-25(3)45(57)47-31/h16-19,21-22,24,26-28,32,38-39,42,52-55H,13-15,20,23H2,1-12H3,(H,47,57).